The van der Waals surface area contributed by atoms with Crippen LogP contribution in [-0.2, 0) is 13.0 Å². The standard InChI is InChI=1S/C22H23N3O/c1-24-9-11-25(12-10-24)14-15-5-4-8-17-19(15)13-20-16-6-2-3-7-18(16)22(26)23-21(17)20/h2-8H,9-14H2,1H3,(H,23,26). The van der Waals surface area contributed by atoms with E-state index < -0.39 is 0 Å². The van der Waals surface area contributed by atoms with Gasteiger partial charge in [-0.1, -0.05) is 36.4 Å². The molecule has 3 aromatic rings. The zero-order chi connectivity index (χ0) is 17.7. The van der Waals surface area contributed by atoms with Gasteiger partial charge in [-0.25, -0.2) is 0 Å². The number of pyridine rings is 1. The average Bonchev–Trinajstić information content (AvgIpc) is 3.04. The number of nitrogens with zero attached hydrogens (tertiary/aromatic N) is 2. The highest BCUT2D eigenvalue weighted by Crippen LogP contribution is 2.39. The molecule has 0 saturated carbocycles. The van der Waals surface area contributed by atoms with E-state index in [1.54, 1.807) is 0 Å². The molecule has 0 unspecified atom stereocenters. The normalized spacial score (nSPS) is 17.4. The Bertz CT molecular complexity index is 1040. The maximum absolute atomic E-state index is 12.5. The molecule has 1 saturated heterocycles. The van der Waals surface area contributed by atoms with Gasteiger partial charge in [0.05, 0.1) is 5.69 Å². The maximum Gasteiger partial charge on any atom is 0.256 e. The number of aromatic amines is 1. The summed E-state index contributed by atoms with van der Waals surface area (Å²) in [6, 6.07) is 14.5. The van der Waals surface area contributed by atoms with Gasteiger partial charge in [-0.15, -0.1) is 0 Å². The summed E-state index contributed by atoms with van der Waals surface area (Å²) in [6.07, 6.45) is 0.909. The number of rotatable bonds is 2. The smallest absolute Gasteiger partial charge is 0.256 e. The van der Waals surface area contributed by atoms with E-state index >= 15 is 0 Å². The first-order valence-electron chi connectivity index (χ1n) is 9.36. The van der Waals surface area contributed by atoms with Crippen LogP contribution in [0, 0.1) is 0 Å². The zero-order valence-corrected chi connectivity index (χ0v) is 15.1. The van der Waals surface area contributed by atoms with E-state index in [0.29, 0.717) is 0 Å². The van der Waals surface area contributed by atoms with Crippen LogP contribution in [0.3, 0.4) is 0 Å². The molecule has 1 fully saturated rings. The summed E-state index contributed by atoms with van der Waals surface area (Å²) in [6.45, 7) is 5.49. The Hall–Kier alpha value is -2.43. The lowest BCUT2D eigenvalue weighted by molar-refractivity contribution is 0.148. The third-order valence-corrected chi connectivity index (χ3v) is 5.92. The number of hydrogen-bond donors (Lipinski definition) is 1. The topological polar surface area (TPSA) is 39.3 Å². The summed E-state index contributed by atoms with van der Waals surface area (Å²) in [5, 5.41) is 1.88. The van der Waals surface area contributed by atoms with Crippen molar-refractivity contribution in [1.29, 1.82) is 0 Å². The van der Waals surface area contributed by atoms with Gasteiger partial charge in [-0.05, 0) is 35.2 Å². The number of hydrogen-bond acceptors (Lipinski definition) is 3. The van der Waals surface area contributed by atoms with E-state index in [1.165, 1.54) is 22.3 Å². The number of benzene rings is 2. The Morgan fingerprint density at radius 1 is 0.923 bits per heavy atom. The molecule has 1 aliphatic carbocycles. The number of piperazine rings is 1. The first-order chi connectivity index (χ1) is 12.7. The van der Waals surface area contributed by atoms with Crippen molar-refractivity contribution >= 4 is 10.8 Å². The summed E-state index contributed by atoms with van der Waals surface area (Å²) >= 11 is 0. The highest BCUT2D eigenvalue weighted by atomic mass is 16.1. The van der Waals surface area contributed by atoms with Crippen LogP contribution in [-0.4, -0.2) is 48.0 Å². The number of fused-ring (bicyclic) bond motifs is 5. The van der Waals surface area contributed by atoms with E-state index in [-0.39, 0.29) is 5.56 Å². The molecular weight excluding hydrogens is 322 g/mol. The van der Waals surface area contributed by atoms with Gasteiger partial charge >= 0.3 is 0 Å². The molecule has 1 N–H and O–H groups in total. The molecule has 1 aromatic heterocycles. The number of H-pyrrole nitrogens is 1. The van der Waals surface area contributed by atoms with Crippen molar-refractivity contribution < 1.29 is 0 Å². The van der Waals surface area contributed by atoms with Gasteiger partial charge in [0.2, 0.25) is 0 Å². The molecule has 0 amide bonds. The minimum atomic E-state index is 0.0108. The molecule has 132 valence electrons. The Morgan fingerprint density at radius 3 is 2.50 bits per heavy atom. The Morgan fingerprint density at radius 2 is 1.69 bits per heavy atom. The largest absolute Gasteiger partial charge is 0.321 e. The molecule has 5 rings (SSSR count). The van der Waals surface area contributed by atoms with Crippen LogP contribution in [0.25, 0.3) is 22.0 Å². The van der Waals surface area contributed by atoms with Gasteiger partial charge in [0.15, 0.2) is 0 Å². The van der Waals surface area contributed by atoms with E-state index in [0.717, 1.165) is 55.6 Å². The van der Waals surface area contributed by atoms with Crippen molar-refractivity contribution in [3.8, 4) is 11.3 Å². The summed E-state index contributed by atoms with van der Waals surface area (Å²) in [5.41, 5.74) is 6.28. The summed E-state index contributed by atoms with van der Waals surface area (Å²) in [7, 11) is 2.19. The molecule has 0 radical (unpaired) electrons. The second-order valence-electron chi connectivity index (χ2n) is 7.55. The summed E-state index contributed by atoms with van der Waals surface area (Å²) < 4.78 is 0. The van der Waals surface area contributed by atoms with Crippen LogP contribution in [0.4, 0.5) is 0 Å². The fourth-order valence-corrected chi connectivity index (χ4v) is 4.40. The molecule has 0 bridgehead atoms. The second-order valence-corrected chi connectivity index (χ2v) is 7.55. The molecular formula is C22H23N3O. The molecule has 2 aliphatic rings. The van der Waals surface area contributed by atoms with Crippen LogP contribution in [0.15, 0.2) is 47.3 Å². The van der Waals surface area contributed by atoms with Gasteiger partial charge in [0.1, 0.15) is 0 Å². The minimum Gasteiger partial charge on any atom is -0.321 e. The SMILES string of the molecule is CN1CCN(Cc2cccc3c2Cc2c-3[nH]c(=O)c3ccccc23)CC1. The number of likely N-dealkylation sites (N-methyl/N-ethyl adjacent to an activating group) is 1. The Kier molecular flexibility index (Phi) is 3.69. The van der Waals surface area contributed by atoms with E-state index in [9.17, 15) is 4.79 Å². The van der Waals surface area contributed by atoms with Gasteiger partial charge in [-0.2, -0.15) is 0 Å². The minimum absolute atomic E-state index is 0.0108. The highest BCUT2D eigenvalue weighted by Gasteiger charge is 2.25. The third-order valence-electron chi connectivity index (χ3n) is 5.92. The van der Waals surface area contributed by atoms with Crippen LogP contribution in [0.1, 0.15) is 16.7 Å². The molecule has 2 aromatic carbocycles. The first kappa shape index (κ1) is 15.8. The van der Waals surface area contributed by atoms with Crippen molar-refractivity contribution in [1.82, 2.24) is 14.8 Å². The van der Waals surface area contributed by atoms with Crippen LogP contribution >= 0.6 is 0 Å². The monoisotopic (exact) mass is 345 g/mol. The van der Waals surface area contributed by atoms with Crippen molar-refractivity contribution in [3.05, 3.63) is 69.5 Å². The summed E-state index contributed by atoms with van der Waals surface area (Å²) in [5.74, 6) is 0. The molecule has 4 nitrogen and oxygen atoms in total. The fraction of sp³-hybridized carbons (Fsp3) is 0.318. The summed E-state index contributed by atoms with van der Waals surface area (Å²) in [4.78, 5) is 20.6. The zero-order valence-electron chi connectivity index (χ0n) is 15.1. The van der Waals surface area contributed by atoms with E-state index in [2.05, 4.69) is 46.1 Å². The number of nitrogens with one attached hydrogen (secondary N) is 1. The van der Waals surface area contributed by atoms with Crippen molar-refractivity contribution in [2.24, 2.45) is 0 Å². The Balaban J connectivity index is 1.56. The lowest BCUT2D eigenvalue weighted by atomic mass is 10.0. The molecule has 1 aliphatic heterocycles. The van der Waals surface area contributed by atoms with Gasteiger partial charge in [0, 0.05) is 50.1 Å². The fourth-order valence-electron chi connectivity index (χ4n) is 4.40. The molecule has 4 heteroatoms. The maximum atomic E-state index is 12.5. The second kappa shape index (κ2) is 6.08. The number of aromatic nitrogens is 1. The highest BCUT2D eigenvalue weighted by molar-refractivity contribution is 5.93. The quantitative estimate of drug-likeness (QED) is 0.607. The van der Waals surface area contributed by atoms with Gasteiger partial charge in [0.25, 0.3) is 5.56 Å². The lowest BCUT2D eigenvalue weighted by Crippen LogP contribution is -2.44. The van der Waals surface area contributed by atoms with E-state index in [1.807, 2.05) is 18.2 Å². The predicted molar refractivity (Wildman–Crippen MR) is 106 cm³/mol. The van der Waals surface area contributed by atoms with Crippen molar-refractivity contribution in [2.45, 2.75) is 13.0 Å². The van der Waals surface area contributed by atoms with Crippen LogP contribution < -0.4 is 5.56 Å². The predicted octanol–water partition coefficient (Wildman–Crippen LogP) is 2.85. The van der Waals surface area contributed by atoms with Gasteiger partial charge < -0.3 is 9.88 Å². The molecule has 2 heterocycles. The van der Waals surface area contributed by atoms with E-state index in [4.69, 9.17) is 0 Å². The van der Waals surface area contributed by atoms with Crippen molar-refractivity contribution in [2.75, 3.05) is 33.2 Å². The Labute approximate surface area is 153 Å². The van der Waals surface area contributed by atoms with Gasteiger partial charge in [-0.3, -0.25) is 9.69 Å². The third kappa shape index (κ3) is 2.49. The average molecular weight is 345 g/mol. The molecule has 26 heavy (non-hydrogen) atoms. The molecule has 0 atom stereocenters. The van der Waals surface area contributed by atoms with Crippen molar-refractivity contribution in [3.63, 3.8) is 0 Å². The molecule has 0 spiro atoms. The van der Waals surface area contributed by atoms with Crippen LogP contribution in [0.2, 0.25) is 0 Å². The van der Waals surface area contributed by atoms with Crippen LogP contribution in [0.5, 0.6) is 0 Å². The first-order valence-corrected chi connectivity index (χ1v) is 9.36. The lowest BCUT2D eigenvalue weighted by Gasteiger charge is -2.32.